The predicted octanol–water partition coefficient (Wildman–Crippen LogP) is 16.2. The van der Waals surface area contributed by atoms with Gasteiger partial charge in [-0.25, -0.2) is 0 Å². The SMILES string of the molecule is [2H]c1c([2H])c([2H])c(-c2c(C#N)c(-n3c4ccccc4c4c5oc6ccccc6c5ccc43)c(-n3c4c([2H])c([2H])c([2H])c([2H])c4c4c([2H])c([2H])c([2H])c([2H])c43)c(-n3c4ccccc4c4c5oc6ccccc6c5ccc43)c2C#N)c([2H])c1[2H]. The number of furan rings is 2. The highest BCUT2D eigenvalue weighted by Gasteiger charge is 2.34. The predicted molar refractivity (Wildman–Crippen MR) is 279 cm³/mol. The maximum Gasteiger partial charge on any atom is 0.145 e. The molecule has 7 nitrogen and oxygen atoms in total. The van der Waals surface area contributed by atoms with Crippen LogP contribution < -0.4 is 0 Å². The van der Waals surface area contributed by atoms with E-state index in [-0.39, 0.29) is 38.9 Å². The molecule has 69 heavy (non-hydrogen) atoms. The molecule has 0 amide bonds. The highest BCUT2D eigenvalue weighted by Crippen LogP contribution is 2.50. The first-order valence-electron chi connectivity index (χ1n) is 28.4. The Morgan fingerprint density at radius 3 is 1.28 bits per heavy atom. The molecular formula is C62H33N5O2. The van der Waals surface area contributed by atoms with Crippen LogP contribution >= 0.6 is 0 Å². The Hall–Kier alpha value is -9.82. The summed E-state index contributed by atoms with van der Waals surface area (Å²) in [6, 6.07) is 32.1. The summed E-state index contributed by atoms with van der Waals surface area (Å²) in [5, 5.41) is 29.4. The average molecular weight is 893 g/mol. The molecule has 318 valence electrons. The molecule has 0 bridgehead atoms. The molecule has 0 radical (unpaired) electrons. The third-order valence-electron chi connectivity index (χ3n) is 13.5. The maximum absolute atomic E-state index is 12.3. The van der Waals surface area contributed by atoms with E-state index in [9.17, 15) is 21.5 Å². The zero-order valence-electron chi connectivity index (χ0n) is 48.6. The summed E-state index contributed by atoms with van der Waals surface area (Å²) >= 11 is 0. The van der Waals surface area contributed by atoms with E-state index in [2.05, 4.69) is 12.1 Å². The van der Waals surface area contributed by atoms with E-state index in [0.29, 0.717) is 65.9 Å². The van der Waals surface area contributed by atoms with E-state index in [1.807, 2.05) is 97.1 Å². The topological polar surface area (TPSA) is 88.7 Å². The van der Waals surface area contributed by atoms with Crippen LogP contribution in [0.2, 0.25) is 0 Å². The maximum atomic E-state index is 12.3. The van der Waals surface area contributed by atoms with Gasteiger partial charge in [0, 0.05) is 48.7 Å². The van der Waals surface area contributed by atoms with Gasteiger partial charge in [0.2, 0.25) is 0 Å². The van der Waals surface area contributed by atoms with E-state index in [1.54, 1.807) is 33.4 Å². The lowest BCUT2D eigenvalue weighted by molar-refractivity contribution is 0.672. The van der Waals surface area contributed by atoms with Crippen molar-refractivity contribution in [2.45, 2.75) is 0 Å². The molecule has 0 aliphatic carbocycles. The van der Waals surface area contributed by atoms with E-state index in [1.165, 1.54) is 4.57 Å². The van der Waals surface area contributed by atoms with Crippen LogP contribution in [0.3, 0.4) is 0 Å². The van der Waals surface area contributed by atoms with Gasteiger partial charge in [-0.15, -0.1) is 0 Å². The Bertz CT molecular complexity index is 5290. The van der Waals surface area contributed by atoms with Gasteiger partial charge in [-0.05, 0) is 66.2 Å². The van der Waals surface area contributed by atoms with Crippen molar-refractivity contribution in [2.75, 3.05) is 0 Å². The van der Waals surface area contributed by atoms with Crippen LogP contribution in [0.4, 0.5) is 0 Å². The number of para-hydroxylation sites is 6. The second-order valence-corrected chi connectivity index (χ2v) is 16.8. The van der Waals surface area contributed by atoms with Gasteiger partial charge < -0.3 is 22.5 Å². The van der Waals surface area contributed by atoms with Gasteiger partial charge in [0.25, 0.3) is 0 Å². The van der Waals surface area contributed by atoms with Gasteiger partial charge in [-0.3, -0.25) is 0 Å². The standard InChI is InChI=1S/C62H33N5O2/c63-34-45-55(36-16-2-1-3-17-36)46(35-64)59(67-50-27-13-7-23-44(50)57-52(67)33-31-42-40-21-9-15-29-54(40)69-62(42)57)60(65-47-24-10-4-18-37(47)38-19-5-11-25-48(38)65)58(45)66-49-26-12-6-22-43(49)56-51(66)32-30-41-39-20-8-14-28-53(39)68-61(41)56/h1-33H/i1D,2D,3D,4D,5D,10D,11D,16D,17D,18D,19D,24D,25D. The van der Waals surface area contributed by atoms with Gasteiger partial charge >= 0.3 is 0 Å². The Kier molecular flexibility index (Phi) is 5.42. The van der Waals surface area contributed by atoms with Crippen molar-refractivity contribution in [2.24, 2.45) is 0 Å². The third kappa shape index (κ3) is 4.87. The van der Waals surface area contributed by atoms with Crippen LogP contribution in [0.25, 0.3) is 137 Å². The molecule has 15 rings (SSSR count). The number of hydrogen-bond acceptors (Lipinski definition) is 4. The molecule has 0 spiro atoms. The Balaban J connectivity index is 1.32. The Morgan fingerprint density at radius 1 is 0.362 bits per heavy atom. The van der Waals surface area contributed by atoms with Crippen LogP contribution in [0.5, 0.6) is 0 Å². The molecule has 0 saturated heterocycles. The van der Waals surface area contributed by atoms with Gasteiger partial charge in [0.1, 0.15) is 34.5 Å². The molecular weight excluding hydrogens is 847 g/mol. The quantitative estimate of drug-likeness (QED) is 0.176. The summed E-state index contributed by atoms with van der Waals surface area (Å²) in [5.74, 6) is 0. The largest absolute Gasteiger partial charge is 0.455 e. The van der Waals surface area contributed by atoms with Gasteiger partial charge in [-0.1, -0.05) is 139 Å². The molecule has 15 aromatic rings. The van der Waals surface area contributed by atoms with Crippen LogP contribution in [0, 0.1) is 22.7 Å². The molecule has 0 saturated carbocycles. The highest BCUT2D eigenvalue weighted by molar-refractivity contribution is 6.26. The first kappa shape index (κ1) is 27.0. The normalized spacial score (nSPS) is 14.7. The number of nitriles is 2. The molecule has 0 N–H and O–H groups in total. The lowest BCUT2D eigenvalue weighted by Gasteiger charge is -2.26. The van der Waals surface area contributed by atoms with Crippen molar-refractivity contribution in [3.63, 3.8) is 0 Å². The zero-order chi connectivity index (χ0) is 56.8. The van der Waals surface area contributed by atoms with E-state index in [4.69, 9.17) is 15.7 Å². The molecule has 0 atom stereocenters. The lowest BCUT2D eigenvalue weighted by atomic mass is 9.90. The molecule has 5 aromatic heterocycles. The number of benzene rings is 10. The summed E-state index contributed by atoms with van der Waals surface area (Å²) in [6.45, 7) is 0. The molecule has 5 heterocycles. The second kappa shape index (κ2) is 13.9. The molecule has 0 unspecified atom stereocenters. The minimum atomic E-state index is -0.765. The van der Waals surface area contributed by atoms with Crippen molar-refractivity contribution >= 4 is 109 Å². The van der Waals surface area contributed by atoms with E-state index in [0.717, 1.165) is 21.5 Å². The molecule has 0 fully saturated rings. The third-order valence-corrected chi connectivity index (χ3v) is 13.5. The minimum absolute atomic E-state index is 0.172. The van der Waals surface area contributed by atoms with Crippen molar-refractivity contribution in [1.82, 2.24) is 13.7 Å². The molecule has 10 aromatic carbocycles. The van der Waals surface area contributed by atoms with Crippen LogP contribution in [-0.4, -0.2) is 13.7 Å². The second-order valence-electron chi connectivity index (χ2n) is 16.8. The summed E-state index contributed by atoms with van der Waals surface area (Å²) in [6.07, 6.45) is 0. The number of fused-ring (bicyclic) bond motifs is 17. The van der Waals surface area contributed by atoms with Crippen molar-refractivity contribution in [3.8, 4) is 40.3 Å². The fourth-order valence-corrected chi connectivity index (χ4v) is 10.8. The monoisotopic (exact) mass is 892 g/mol. The minimum Gasteiger partial charge on any atom is -0.455 e. The highest BCUT2D eigenvalue weighted by atomic mass is 16.3. The smallest absolute Gasteiger partial charge is 0.145 e. The van der Waals surface area contributed by atoms with E-state index >= 15 is 0 Å². The molecule has 7 heteroatoms. The fraction of sp³-hybridized carbons (Fsp3) is 0. The average Bonchev–Trinajstić information content (AvgIpc) is 1.61. The fourth-order valence-electron chi connectivity index (χ4n) is 10.8. The summed E-state index contributed by atoms with van der Waals surface area (Å²) in [4.78, 5) is 0. The Labute approximate surface area is 410 Å². The first-order valence-corrected chi connectivity index (χ1v) is 21.9. The van der Waals surface area contributed by atoms with Crippen molar-refractivity contribution < 1.29 is 26.7 Å². The van der Waals surface area contributed by atoms with Crippen LogP contribution in [0.1, 0.15) is 28.9 Å². The first-order chi connectivity index (χ1) is 39.6. The van der Waals surface area contributed by atoms with Crippen molar-refractivity contribution in [3.05, 3.63) is 211 Å². The zero-order valence-corrected chi connectivity index (χ0v) is 35.6. The number of rotatable bonds is 4. The van der Waals surface area contributed by atoms with Crippen LogP contribution in [-0.2, 0) is 0 Å². The summed E-state index contributed by atoms with van der Waals surface area (Å²) < 4.78 is 140. The van der Waals surface area contributed by atoms with E-state index < -0.39 is 101 Å². The summed E-state index contributed by atoms with van der Waals surface area (Å²) in [7, 11) is 0. The van der Waals surface area contributed by atoms with Gasteiger partial charge in [-0.2, -0.15) is 10.5 Å². The lowest BCUT2D eigenvalue weighted by Crippen LogP contribution is -2.14. The van der Waals surface area contributed by atoms with Gasteiger partial charge in [0.05, 0.1) is 89.9 Å². The summed E-state index contributed by atoms with van der Waals surface area (Å²) in [5.41, 5.74) is 0.545. The van der Waals surface area contributed by atoms with Crippen LogP contribution in [0.15, 0.2) is 209 Å². The number of hydrogen-bond donors (Lipinski definition) is 0. The number of nitrogens with zero attached hydrogens (tertiary/aromatic N) is 5. The molecule has 0 aliphatic heterocycles. The van der Waals surface area contributed by atoms with Gasteiger partial charge in [0.15, 0.2) is 0 Å². The number of aromatic nitrogens is 3. The molecule has 0 aliphatic rings. The van der Waals surface area contributed by atoms with Crippen molar-refractivity contribution in [1.29, 1.82) is 10.5 Å². The Morgan fingerprint density at radius 2 is 0.783 bits per heavy atom.